The second-order valence-electron chi connectivity index (χ2n) is 2.83. The van der Waals surface area contributed by atoms with Gasteiger partial charge in [0.2, 0.25) is 0 Å². The molecule has 0 amide bonds. The van der Waals surface area contributed by atoms with Crippen molar-refractivity contribution in [1.29, 1.82) is 0 Å². The number of rotatable bonds is 4. The highest BCUT2D eigenvalue weighted by molar-refractivity contribution is 14.1. The van der Waals surface area contributed by atoms with Crippen LogP contribution in [0.2, 0.25) is 0 Å². The van der Waals surface area contributed by atoms with Crippen molar-refractivity contribution >= 4 is 22.6 Å². The van der Waals surface area contributed by atoms with Crippen LogP contribution in [-0.2, 0) is 4.74 Å². The van der Waals surface area contributed by atoms with Gasteiger partial charge in [0.15, 0.2) is 18.3 Å². The molecule has 1 aromatic carbocycles. The first-order chi connectivity index (χ1) is 6.69. The monoisotopic (exact) mass is 308 g/mol. The third-order valence-electron chi connectivity index (χ3n) is 1.69. The van der Waals surface area contributed by atoms with Crippen molar-refractivity contribution in [2.24, 2.45) is 0 Å². The van der Waals surface area contributed by atoms with Crippen LogP contribution in [0, 0.1) is 10.5 Å². The minimum atomic E-state index is 0.232. The average molecular weight is 308 g/mol. The van der Waals surface area contributed by atoms with Crippen LogP contribution in [0.15, 0.2) is 12.1 Å². The SMILES string of the molecule is COCOc1c(I)cc(C)cc1OC. The van der Waals surface area contributed by atoms with Crippen LogP contribution < -0.4 is 9.47 Å². The summed E-state index contributed by atoms with van der Waals surface area (Å²) in [6.45, 7) is 2.25. The minimum absolute atomic E-state index is 0.232. The van der Waals surface area contributed by atoms with Crippen LogP contribution in [0.1, 0.15) is 5.56 Å². The van der Waals surface area contributed by atoms with E-state index in [9.17, 15) is 0 Å². The molecule has 78 valence electrons. The van der Waals surface area contributed by atoms with E-state index in [-0.39, 0.29) is 6.79 Å². The minimum Gasteiger partial charge on any atom is -0.493 e. The highest BCUT2D eigenvalue weighted by Gasteiger charge is 2.09. The number of methoxy groups -OCH3 is 2. The molecule has 0 bridgehead atoms. The van der Waals surface area contributed by atoms with Gasteiger partial charge in [-0.25, -0.2) is 0 Å². The molecule has 0 aromatic heterocycles. The van der Waals surface area contributed by atoms with Gasteiger partial charge in [0.1, 0.15) is 0 Å². The van der Waals surface area contributed by atoms with Crippen molar-refractivity contribution < 1.29 is 14.2 Å². The maximum absolute atomic E-state index is 5.41. The molecule has 3 nitrogen and oxygen atoms in total. The second-order valence-corrected chi connectivity index (χ2v) is 3.99. The summed E-state index contributed by atoms with van der Waals surface area (Å²) in [5, 5.41) is 0. The van der Waals surface area contributed by atoms with Crippen molar-refractivity contribution in [1.82, 2.24) is 0 Å². The second kappa shape index (κ2) is 5.41. The first-order valence-electron chi connectivity index (χ1n) is 4.15. The van der Waals surface area contributed by atoms with E-state index in [0.717, 1.165) is 20.6 Å². The molecule has 0 fully saturated rings. The highest BCUT2D eigenvalue weighted by atomic mass is 127. The molecule has 0 radical (unpaired) electrons. The fourth-order valence-corrected chi connectivity index (χ4v) is 2.02. The lowest BCUT2D eigenvalue weighted by molar-refractivity contribution is 0.0485. The maximum atomic E-state index is 5.41. The Morgan fingerprint density at radius 2 is 2.00 bits per heavy atom. The molecule has 0 heterocycles. The predicted molar refractivity (Wildman–Crippen MR) is 63.0 cm³/mol. The van der Waals surface area contributed by atoms with Crippen molar-refractivity contribution in [2.45, 2.75) is 6.92 Å². The van der Waals surface area contributed by atoms with Gasteiger partial charge in [-0.1, -0.05) is 0 Å². The predicted octanol–water partition coefficient (Wildman–Crippen LogP) is 2.59. The molecule has 0 unspecified atom stereocenters. The molecule has 0 N–H and O–H groups in total. The van der Waals surface area contributed by atoms with Gasteiger partial charge in [0.25, 0.3) is 0 Å². The molecule has 4 heteroatoms. The number of hydrogen-bond donors (Lipinski definition) is 0. The molecule has 14 heavy (non-hydrogen) atoms. The van der Waals surface area contributed by atoms with Gasteiger partial charge in [0.05, 0.1) is 10.7 Å². The first kappa shape index (κ1) is 11.6. The van der Waals surface area contributed by atoms with E-state index in [4.69, 9.17) is 14.2 Å². The topological polar surface area (TPSA) is 27.7 Å². The first-order valence-corrected chi connectivity index (χ1v) is 5.22. The summed E-state index contributed by atoms with van der Waals surface area (Å²) in [4.78, 5) is 0. The molecule has 1 rings (SSSR count). The lowest BCUT2D eigenvalue weighted by Gasteiger charge is -2.12. The fraction of sp³-hybridized carbons (Fsp3) is 0.400. The van der Waals surface area contributed by atoms with Gasteiger partial charge >= 0.3 is 0 Å². The van der Waals surface area contributed by atoms with Crippen molar-refractivity contribution in [3.8, 4) is 11.5 Å². The number of hydrogen-bond acceptors (Lipinski definition) is 3. The Bertz CT molecular complexity index is 312. The Balaban J connectivity index is 2.99. The summed E-state index contributed by atoms with van der Waals surface area (Å²) in [6.07, 6.45) is 0. The zero-order valence-electron chi connectivity index (χ0n) is 8.46. The Morgan fingerprint density at radius 1 is 1.29 bits per heavy atom. The molecular weight excluding hydrogens is 295 g/mol. The summed E-state index contributed by atoms with van der Waals surface area (Å²) in [6, 6.07) is 3.97. The molecule has 0 aliphatic heterocycles. The van der Waals surface area contributed by atoms with Crippen molar-refractivity contribution in [3.63, 3.8) is 0 Å². The molecule has 0 atom stereocenters. The summed E-state index contributed by atoms with van der Waals surface area (Å²) >= 11 is 2.21. The molecule has 0 aliphatic carbocycles. The molecular formula is C10H13IO3. The zero-order valence-corrected chi connectivity index (χ0v) is 10.6. The normalized spacial score (nSPS) is 10.0. The lowest BCUT2D eigenvalue weighted by Crippen LogP contribution is -2.02. The van der Waals surface area contributed by atoms with Crippen LogP contribution in [0.5, 0.6) is 11.5 Å². The summed E-state index contributed by atoms with van der Waals surface area (Å²) in [7, 11) is 3.22. The van der Waals surface area contributed by atoms with E-state index in [1.165, 1.54) is 0 Å². The van der Waals surface area contributed by atoms with E-state index in [1.54, 1.807) is 14.2 Å². The van der Waals surface area contributed by atoms with E-state index < -0.39 is 0 Å². The number of benzene rings is 1. The number of aryl methyl sites for hydroxylation is 1. The standard InChI is InChI=1S/C10H13IO3/c1-7-4-8(11)10(14-6-12-2)9(5-7)13-3/h4-5H,6H2,1-3H3. The van der Waals surface area contributed by atoms with E-state index >= 15 is 0 Å². The van der Waals surface area contributed by atoms with E-state index in [1.807, 2.05) is 19.1 Å². The molecule has 0 spiro atoms. The smallest absolute Gasteiger partial charge is 0.188 e. The quantitative estimate of drug-likeness (QED) is 0.632. The Kier molecular flexibility index (Phi) is 4.47. The lowest BCUT2D eigenvalue weighted by atomic mass is 10.2. The fourth-order valence-electron chi connectivity index (χ4n) is 1.11. The summed E-state index contributed by atoms with van der Waals surface area (Å²) < 4.78 is 16.5. The van der Waals surface area contributed by atoms with Crippen LogP contribution >= 0.6 is 22.6 Å². The maximum Gasteiger partial charge on any atom is 0.188 e. The third kappa shape index (κ3) is 2.75. The van der Waals surface area contributed by atoms with Crippen LogP contribution in [0.4, 0.5) is 0 Å². The van der Waals surface area contributed by atoms with Gasteiger partial charge in [-0.05, 0) is 47.2 Å². The van der Waals surface area contributed by atoms with Crippen molar-refractivity contribution in [3.05, 3.63) is 21.3 Å². The van der Waals surface area contributed by atoms with Gasteiger partial charge in [-0.3, -0.25) is 0 Å². The largest absolute Gasteiger partial charge is 0.493 e. The van der Waals surface area contributed by atoms with Gasteiger partial charge in [-0.15, -0.1) is 0 Å². The van der Waals surface area contributed by atoms with Crippen LogP contribution in [0.25, 0.3) is 0 Å². The Labute approximate surface area is 97.5 Å². The van der Waals surface area contributed by atoms with Crippen LogP contribution in [0.3, 0.4) is 0 Å². The number of halogens is 1. The van der Waals surface area contributed by atoms with Gasteiger partial charge < -0.3 is 14.2 Å². The zero-order chi connectivity index (χ0) is 10.6. The van der Waals surface area contributed by atoms with E-state index in [0.29, 0.717) is 0 Å². The number of ether oxygens (including phenoxy) is 3. The summed E-state index contributed by atoms with van der Waals surface area (Å²) in [5.74, 6) is 1.48. The van der Waals surface area contributed by atoms with Crippen LogP contribution in [-0.4, -0.2) is 21.0 Å². The molecule has 1 aromatic rings. The van der Waals surface area contributed by atoms with Crippen molar-refractivity contribution in [2.75, 3.05) is 21.0 Å². The average Bonchev–Trinajstić information content (AvgIpc) is 2.15. The molecule has 0 saturated carbocycles. The highest BCUT2D eigenvalue weighted by Crippen LogP contribution is 2.33. The Morgan fingerprint density at radius 3 is 2.57 bits per heavy atom. The molecule has 0 aliphatic rings. The molecule has 0 saturated heterocycles. The van der Waals surface area contributed by atoms with Gasteiger partial charge in [-0.2, -0.15) is 0 Å². The van der Waals surface area contributed by atoms with Gasteiger partial charge in [0, 0.05) is 7.11 Å². The van der Waals surface area contributed by atoms with E-state index in [2.05, 4.69) is 22.6 Å². The Hall–Kier alpha value is -0.490. The summed E-state index contributed by atoms with van der Waals surface area (Å²) in [5.41, 5.74) is 1.15. The third-order valence-corrected chi connectivity index (χ3v) is 2.50.